The van der Waals surface area contributed by atoms with Crippen LogP contribution in [-0.4, -0.2) is 73.4 Å². The number of rotatable bonds is 5. The Morgan fingerprint density at radius 1 is 1.35 bits per heavy atom. The molecule has 1 saturated carbocycles. The highest BCUT2D eigenvalue weighted by molar-refractivity contribution is 5.03. The summed E-state index contributed by atoms with van der Waals surface area (Å²) in [6, 6.07) is 0.590. The van der Waals surface area contributed by atoms with Gasteiger partial charge in [-0.15, -0.1) is 0 Å². The molecule has 100 valence electrons. The Morgan fingerprint density at radius 3 is 2.53 bits per heavy atom. The summed E-state index contributed by atoms with van der Waals surface area (Å²) in [6.07, 6.45) is 2.53. The fourth-order valence-corrected chi connectivity index (χ4v) is 3.08. The van der Waals surface area contributed by atoms with Crippen molar-refractivity contribution in [3.8, 4) is 0 Å². The van der Waals surface area contributed by atoms with E-state index in [4.69, 9.17) is 0 Å². The molecule has 2 rings (SSSR count). The SMILES string of the molecule is CNC(CO)(CN1CCN(C)CC1C)C1CC1. The topological polar surface area (TPSA) is 38.7 Å². The number of aliphatic hydroxyl groups is 1. The van der Waals surface area contributed by atoms with Gasteiger partial charge in [-0.05, 0) is 39.8 Å². The Labute approximate surface area is 105 Å². The molecule has 4 nitrogen and oxygen atoms in total. The number of nitrogens with zero attached hydrogens (tertiary/aromatic N) is 2. The van der Waals surface area contributed by atoms with E-state index in [0.29, 0.717) is 12.0 Å². The monoisotopic (exact) mass is 241 g/mol. The van der Waals surface area contributed by atoms with E-state index in [2.05, 4.69) is 29.1 Å². The third-order valence-electron chi connectivity index (χ3n) is 4.59. The lowest BCUT2D eigenvalue weighted by molar-refractivity contribution is 0.0409. The van der Waals surface area contributed by atoms with Gasteiger partial charge in [-0.1, -0.05) is 0 Å². The van der Waals surface area contributed by atoms with Crippen LogP contribution in [-0.2, 0) is 0 Å². The highest BCUT2D eigenvalue weighted by Crippen LogP contribution is 2.40. The summed E-state index contributed by atoms with van der Waals surface area (Å²) in [5.74, 6) is 0.671. The van der Waals surface area contributed by atoms with Gasteiger partial charge in [-0.2, -0.15) is 0 Å². The lowest BCUT2D eigenvalue weighted by Crippen LogP contribution is -2.61. The van der Waals surface area contributed by atoms with E-state index in [0.717, 1.165) is 26.2 Å². The minimum Gasteiger partial charge on any atom is -0.394 e. The van der Waals surface area contributed by atoms with Crippen LogP contribution in [0, 0.1) is 5.92 Å². The largest absolute Gasteiger partial charge is 0.394 e. The summed E-state index contributed by atoms with van der Waals surface area (Å²) in [5.41, 5.74) is -0.0653. The van der Waals surface area contributed by atoms with Crippen LogP contribution in [0.3, 0.4) is 0 Å². The number of nitrogens with one attached hydrogen (secondary N) is 1. The van der Waals surface area contributed by atoms with E-state index < -0.39 is 0 Å². The molecule has 1 heterocycles. The second-order valence-corrected chi connectivity index (χ2v) is 5.92. The normalized spacial score (nSPS) is 31.4. The van der Waals surface area contributed by atoms with Crippen molar-refractivity contribution >= 4 is 0 Å². The smallest absolute Gasteiger partial charge is 0.0628 e. The van der Waals surface area contributed by atoms with Gasteiger partial charge < -0.3 is 15.3 Å². The van der Waals surface area contributed by atoms with Gasteiger partial charge in [0, 0.05) is 32.2 Å². The maximum Gasteiger partial charge on any atom is 0.0628 e. The lowest BCUT2D eigenvalue weighted by Gasteiger charge is -2.44. The first-order valence-electron chi connectivity index (χ1n) is 6.83. The minimum absolute atomic E-state index is 0.0653. The molecule has 2 fully saturated rings. The van der Waals surface area contributed by atoms with Crippen LogP contribution in [0.25, 0.3) is 0 Å². The summed E-state index contributed by atoms with van der Waals surface area (Å²) in [5, 5.41) is 13.2. The molecule has 4 heteroatoms. The van der Waals surface area contributed by atoms with Gasteiger partial charge in [-0.25, -0.2) is 0 Å². The second-order valence-electron chi connectivity index (χ2n) is 5.92. The Balaban J connectivity index is 1.97. The molecular weight excluding hydrogens is 214 g/mol. The van der Waals surface area contributed by atoms with Crippen molar-refractivity contribution in [2.24, 2.45) is 5.92 Å². The van der Waals surface area contributed by atoms with Crippen LogP contribution in [0.1, 0.15) is 19.8 Å². The standard InChI is InChI=1S/C13H27N3O/c1-11-8-15(3)6-7-16(11)9-13(10-17,14-2)12-4-5-12/h11-12,14,17H,4-10H2,1-3H3. The number of likely N-dealkylation sites (N-methyl/N-ethyl adjacent to an activating group) is 2. The number of aliphatic hydroxyl groups excluding tert-OH is 1. The minimum atomic E-state index is -0.0653. The Kier molecular flexibility index (Phi) is 4.08. The zero-order valence-corrected chi connectivity index (χ0v) is 11.4. The molecule has 0 aromatic rings. The van der Waals surface area contributed by atoms with Crippen molar-refractivity contribution in [2.45, 2.75) is 31.3 Å². The summed E-state index contributed by atoms with van der Waals surface area (Å²) in [4.78, 5) is 4.92. The molecule has 0 radical (unpaired) electrons. The highest BCUT2D eigenvalue weighted by atomic mass is 16.3. The van der Waals surface area contributed by atoms with Gasteiger partial charge >= 0.3 is 0 Å². The molecule has 17 heavy (non-hydrogen) atoms. The summed E-state index contributed by atoms with van der Waals surface area (Å²) < 4.78 is 0. The summed E-state index contributed by atoms with van der Waals surface area (Å²) in [6.45, 7) is 6.93. The van der Waals surface area contributed by atoms with E-state index >= 15 is 0 Å². The Bertz CT molecular complexity index is 251. The van der Waals surface area contributed by atoms with Crippen molar-refractivity contribution < 1.29 is 5.11 Å². The Morgan fingerprint density at radius 2 is 2.06 bits per heavy atom. The number of piperazine rings is 1. The molecule has 1 aliphatic heterocycles. The molecule has 0 aromatic carbocycles. The Hall–Kier alpha value is -0.160. The molecular formula is C13H27N3O. The average molecular weight is 241 g/mol. The molecule has 0 spiro atoms. The fraction of sp³-hybridized carbons (Fsp3) is 1.00. The highest BCUT2D eigenvalue weighted by Gasteiger charge is 2.45. The van der Waals surface area contributed by atoms with E-state index in [1.165, 1.54) is 12.8 Å². The van der Waals surface area contributed by atoms with Gasteiger partial charge in [0.15, 0.2) is 0 Å². The van der Waals surface area contributed by atoms with Crippen LogP contribution < -0.4 is 5.32 Å². The predicted octanol–water partition coefficient (Wildman–Crippen LogP) is -0.0172. The van der Waals surface area contributed by atoms with E-state index in [1.807, 2.05) is 7.05 Å². The van der Waals surface area contributed by atoms with Gasteiger partial charge in [0.1, 0.15) is 0 Å². The van der Waals surface area contributed by atoms with Crippen LogP contribution in [0.4, 0.5) is 0 Å². The fourth-order valence-electron chi connectivity index (χ4n) is 3.08. The molecule has 1 aliphatic carbocycles. The zero-order valence-electron chi connectivity index (χ0n) is 11.4. The maximum absolute atomic E-state index is 9.76. The third kappa shape index (κ3) is 2.81. The zero-order chi connectivity index (χ0) is 12.5. The summed E-state index contributed by atoms with van der Waals surface area (Å²) in [7, 11) is 4.18. The molecule has 1 saturated heterocycles. The quantitative estimate of drug-likeness (QED) is 0.710. The van der Waals surface area contributed by atoms with Crippen molar-refractivity contribution in [2.75, 3.05) is 46.9 Å². The van der Waals surface area contributed by atoms with Crippen LogP contribution in [0.15, 0.2) is 0 Å². The predicted molar refractivity (Wildman–Crippen MR) is 70.1 cm³/mol. The molecule has 2 unspecified atom stereocenters. The van der Waals surface area contributed by atoms with E-state index in [1.54, 1.807) is 0 Å². The molecule has 2 atom stereocenters. The second kappa shape index (κ2) is 5.22. The van der Waals surface area contributed by atoms with Gasteiger partial charge in [0.25, 0.3) is 0 Å². The molecule has 0 aromatic heterocycles. The van der Waals surface area contributed by atoms with Gasteiger partial charge in [0.05, 0.1) is 12.1 Å². The molecule has 2 aliphatic rings. The first-order chi connectivity index (χ1) is 8.11. The first-order valence-corrected chi connectivity index (χ1v) is 6.83. The number of hydrogen-bond donors (Lipinski definition) is 2. The van der Waals surface area contributed by atoms with Crippen molar-refractivity contribution in [1.82, 2.24) is 15.1 Å². The van der Waals surface area contributed by atoms with Crippen LogP contribution in [0.2, 0.25) is 0 Å². The number of hydrogen-bond acceptors (Lipinski definition) is 4. The van der Waals surface area contributed by atoms with Crippen molar-refractivity contribution in [3.05, 3.63) is 0 Å². The lowest BCUT2D eigenvalue weighted by atomic mass is 9.92. The third-order valence-corrected chi connectivity index (χ3v) is 4.59. The van der Waals surface area contributed by atoms with E-state index in [-0.39, 0.29) is 12.1 Å². The molecule has 0 bridgehead atoms. The van der Waals surface area contributed by atoms with Gasteiger partial charge in [-0.3, -0.25) is 4.90 Å². The van der Waals surface area contributed by atoms with Crippen LogP contribution >= 0.6 is 0 Å². The molecule has 0 amide bonds. The average Bonchev–Trinajstić information content (AvgIpc) is 3.13. The van der Waals surface area contributed by atoms with Crippen LogP contribution in [0.5, 0.6) is 0 Å². The van der Waals surface area contributed by atoms with E-state index in [9.17, 15) is 5.11 Å². The van der Waals surface area contributed by atoms with Gasteiger partial charge in [0.2, 0.25) is 0 Å². The maximum atomic E-state index is 9.76. The van der Waals surface area contributed by atoms with Crippen molar-refractivity contribution in [1.29, 1.82) is 0 Å². The first kappa shape index (κ1) is 13.3. The molecule has 2 N–H and O–H groups in total. The summed E-state index contributed by atoms with van der Waals surface area (Å²) >= 11 is 0. The van der Waals surface area contributed by atoms with Crippen molar-refractivity contribution in [3.63, 3.8) is 0 Å².